The zero-order valence-corrected chi connectivity index (χ0v) is 33.5. The van der Waals surface area contributed by atoms with Gasteiger partial charge in [0.2, 0.25) is 0 Å². The average molecular weight is 716 g/mol. The lowest BCUT2D eigenvalue weighted by atomic mass is 10.1. The third-order valence-electron chi connectivity index (χ3n) is 8.51. The van der Waals surface area contributed by atoms with Crippen molar-refractivity contribution in [1.29, 1.82) is 0 Å². The third kappa shape index (κ3) is 38.1. The van der Waals surface area contributed by atoms with Crippen LogP contribution in [0.5, 0.6) is 0 Å². The molecule has 0 aromatic rings. The molecule has 2 atom stereocenters. The van der Waals surface area contributed by atoms with Gasteiger partial charge >= 0.3 is 5.97 Å². The predicted octanol–water partition coefficient (Wildman–Crippen LogP) is 10.6. The van der Waals surface area contributed by atoms with E-state index in [9.17, 15) is 14.3 Å². The minimum absolute atomic E-state index is 0.0259. The van der Waals surface area contributed by atoms with Crippen LogP contribution in [-0.2, 0) is 27.9 Å². The molecular weight excluding hydrogens is 637 g/mol. The van der Waals surface area contributed by atoms with Crippen LogP contribution < -0.4 is 4.89 Å². The van der Waals surface area contributed by atoms with Crippen molar-refractivity contribution in [3.05, 3.63) is 24.3 Å². The van der Waals surface area contributed by atoms with E-state index in [1.54, 1.807) is 0 Å². The van der Waals surface area contributed by atoms with Gasteiger partial charge in [-0.3, -0.25) is 9.36 Å². The van der Waals surface area contributed by atoms with Gasteiger partial charge in [-0.2, -0.15) is 0 Å². The van der Waals surface area contributed by atoms with Crippen LogP contribution in [0.2, 0.25) is 0 Å². The first kappa shape index (κ1) is 48.0. The number of likely N-dealkylation sites (N-methyl/N-ethyl adjacent to an activating group) is 1. The number of nitrogens with zero attached hydrogens (tertiary/aromatic N) is 1. The lowest BCUT2D eigenvalue weighted by Gasteiger charge is -2.28. The van der Waals surface area contributed by atoms with Gasteiger partial charge in [-0.05, 0) is 44.9 Å². The van der Waals surface area contributed by atoms with Gasteiger partial charge in [0.15, 0.2) is 0 Å². The lowest BCUT2D eigenvalue weighted by molar-refractivity contribution is -0.870. The first-order valence-electron chi connectivity index (χ1n) is 20.1. The number of esters is 1. The van der Waals surface area contributed by atoms with Crippen LogP contribution in [0.3, 0.4) is 0 Å². The molecule has 0 radical (unpaired) electrons. The fourth-order valence-corrected chi connectivity index (χ4v) is 6.07. The van der Waals surface area contributed by atoms with Gasteiger partial charge in [-0.15, -0.1) is 0 Å². The van der Waals surface area contributed by atoms with Crippen molar-refractivity contribution in [1.82, 2.24) is 0 Å². The number of phosphoric ester groups is 1. The van der Waals surface area contributed by atoms with Gasteiger partial charge in [-0.25, -0.2) is 0 Å². The maximum absolute atomic E-state index is 12.6. The summed E-state index contributed by atoms with van der Waals surface area (Å²) in [5.74, 6) is -0.343. The lowest BCUT2D eigenvalue weighted by Crippen LogP contribution is -2.37. The first-order chi connectivity index (χ1) is 23.6. The molecule has 0 aliphatic heterocycles. The molecule has 0 aliphatic rings. The molecule has 2 unspecified atom stereocenters. The molecule has 8 nitrogen and oxygen atoms in total. The molecule has 9 heteroatoms. The van der Waals surface area contributed by atoms with Crippen molar-refractivity contribution < 1.29 is 37.3 Å². The molecule has 290 valence electrons. The smallest absolute Gasteiger partial charge is 0.306 e. The molecule has 0 amide bonds. The maximum Gasteiger partial charge on any atom is 0.306 e. The van der Waals surface area contributed by atoms with Crippen LogP contribution in [0.1, 0.15) is 168 Å². The largest absolute Gasteiger partial charge is 0.756 e. The van der Waals surface area contributed by atoms with Crippen LogP contribution in [0.4, 0.5) is 0 Å². The number of ether oxygens (including phenoxy) is 2. The number of carbonyl (C=O) groups is 1. The number of phosphoric acid groups is 1. The maximum atomic E-state index is 12.6. The van der Waals surface area contributed by atoms with Crippen molar-refractivity contribution in [2.45, 2.75) is 174 Å². The molecule has 0 aromatic carbocycles. The molecule has 0 bridgehead atoms. The number of quaternary nitrogens is 1. The molecule has 49 heavy (non-hydrogen) atoms. The standard InChI is InChI=1S/C40H78NO7P/c1-6-8-10-12-14-16-17-18-19-20-21-22-23-24-25-27-29-31-33-40(42)48-39(38-47-49(43,44)46-36-34-41(3,4)5)37-45-35-32-30-28-26-15-13-11-9-7-2/h16-17,19-20,39H,6-15,18,21-38H2,1-5H3/b17-16-,20-19-. The van der Waals surface area contributed by atoms with Crippen LogP contribution in [0.15, 0.2) is 24.3 Å². The Bertz CT molecular complexity index is 843. The van der Waals surface area contributed by atoms with Gasteiger partial charge in [0, 0.05) is 13.0 Å². The Labute approximate surface area is 303 Å². The Morgan fingerprint density at radius 3 is 1.67 bits per heavy atom. The Hall–Kier alpha value is -1.02. The highest BCUT2D eigenvalue weighted by molar-refractivity contribution is 7.45. The van der Waals surface area contributed by atoms with Crippen molar-refractivity contribution >= 4 is 13.8 Å². The topological polar surface area (TPSA) is 94.1 Å². The molecule has 0 aromatic heterocycles. The third-order valence-corrected chi connectivity index (χ3v) is 9.47. The Balaban J connectivity index is 4.23. The number of hydrogen-bond acceptors (Lipinski definition) is 7. The van der Waals surface area contributed by atoms with Gasteiger partial charge in [0.1, 0.15) is 19.3 Å². The minimum Gasteiger partial charge on any atom is -0.756 e. The fourth-order valence-electron chi connectivity index (χ4n) is 5.34. The summed E-state index contributed by atoms with van der Waals surface area (Å²) in [5.41, 5.74) is 0. The summed E-state index contributed by atoms with van der Waals surface area (Å²) < 4.78 is 34.4. The normalized spacial score (nSPS) is 14.2. The first-order valence-corrected chi connectivity index (χ1v) is 21.5. The molecule has 0 N–H and O–H groups in total. The number of rotatable bonds is 37. The van der Waals surface area contributed by atoms with Gasteiger partial charge in [0.05, 0.1) is 34.4 Å². The van der Waals surface area contributed by atoms with E-state index in [-0.39, 0.29) is 25.8 Å². The summed E-state index contributed by atoms with van der Waals surface area (Å²) in [6.45, 7) is 5.37. The SMILES string of the molecule is CCCCCC/C=C\C/C=C\CCCCCCCCCC(=O)OC(COCCCCCCCCCCC)COP(=O)([O-])OCC[N+](C)(C)C. The van der Waals surface area contributed by atoms with E-state index < -0.39 is 13.9 Å². The molecule has 0 rings (SSSR count). The zero-order valence-electron chi connectivity index (χ0n) is 32.6. The molecule has 0 heterocycles. The quantitative estimate of drug-likeness (QED) is 0.0208. The molecule has 0 saturated heterocycles. The second-order valence-electron chi connectivity index (χ2n) is 14.6. The highest BCUT2D eigenvalue weighted by atomic mass is 31.2. The average Bonchev–Trinajstić information content (AvgIpc) is 3.04. The van der Waals surface area contributed by atoms with Crippen molar-refractivity contribution in [3.8, 4) is 0 Å². The molecule has 0 aliphatic carbocycles. The minimum atomic E-state index is -4.51. The number of unbranched alkanes of at least 4 members (excludes halogenated alkanes) is 19. The van der Waals surface area contributed by atoms with E-state index in [2.05, 4.69) is 38.2 Å². The van der Waals surface area contributed by atoms with Crippen molar-refractivity contribution in [2.24, 2.45) is 0 Å². The van der Waals surface area contributed by atoms with Crippen LogP contribution >= 0.6 is 7.82 Å². The van der Waals surface area contributed by atoms with Crippen molar-refractivity contribution in [2.75, 3.05) is 54.1 Å². The summed E-state index contributed by atoms with van der Waals surface area (Å²) in [4.78, 5) is 24.9. The van der Waals surface area contributed by atoms with E-state index in [1.807, 2.05) is 21.1 Å². The van der Waals surface area contributed by atoms with Crippen LogP contribution in [-0.4, -0.2) is 70.7 Å². The second-order valence-corrected chi connectivity index (χ2v) is 16.1. The van der Waals surface area contributed by atoms with E-state index in [0.717, 1.165) is 44.9 Å². The molecule has 0 fully saturated rings. The summed E-state index contributed by atoms with van der Waals surface area (Å²) in [7, 11) is 1.35. The molecular formula is C40H78NO7P. The summed E-state index contributed by atoms with van der Waals surface area (Å²) in [6, 6.07) is 0. The van der Waals surface area contributed by atoms with Gasteiger partial charge in [0.25, 0.3) is 7.82 Å². The van der Waals surface area contributed by atoms with Crippen molar-refractivity contribution in [3.63, 3.8) is 0 Å². The van der Waals surface area contributed by atoms with E-state index >= 15 is 0 Å². The van der Waals surface area contributed by atoms with E-state index in [1.165, 1.54) is 103 Å². The highest BCUT2D eigenvalue weighted by Gasteiger charge is 2.20. The monoisotopic (exact) mass is 716 g/mol. The second kappa shape index (κ2) is 34.1. The number of allylic oxidation sites excluding steroid dienone is 4. The summed E-state index contributed by atoms with van der Waals surface area (Å²) >= 11 is 0. The number of hydrogen-bond donors (Lipinski definition) is 0. The Kier molecular flexibility index (Phi) is 33.4. The summed E-state index contributed by atoms with van der Waals surface area (Å²) in [5, 5.41) is 0. The van der Waals surface area contributed by atoms with Crippen LogP contribution in [0.25, 0.3) is 0 Å². The van der Waals surface area contributed by atoms with E-state index in [4.69, 9.17) is 18.5 Å². The van der Waals surface area contributed by atoms with Gasteiger partial charge < -0.3 is 27.9 Å². The highest BCUT2D eigenvalue weighted by Crippen LogP contribution is 2.38. The molecule has 0 saturated carbocycles. The Morgan fingerprint density at radius 1 is 0.633 bits per heavy atom. The van der Waals surface area contributed by atoms with Crippen LogP contribution in [0, 0.1) is 0 Å². The Morgan fingerprint density at radius 2 is 1.12 bits per heavy atom. The van der Waals surface area contributed by atoms with E-state index in [0.29, 0.717) is 24.1 Å². The predicted molar refractivity (Wildman–Crippen MR) is 204 cm³/mol. The van der Waals surface area contributed by atoms with Gasteiger partial charge in [-0.1, -0.05) is 141 Å². The fraction of sp³-hybridized carbons (Fsp3) is 0.875. The molecule has 0 spiro atoms. The number of carbonyl (C=O) groups excluding carboxylic acids is 1. The summed E-state index contributed by atoms with van der Waals surface area (Å²) in [6.07, 6.45) is 36.1. The zero-order chi connectivity index (χ0) is 36.3.